The minimum absolute atomic E-state index is 0.0338. The molecule has 1 atom stereocenters. The van der Waals surface area contributed by atoms with Gasteiger partial charge in [0.25, 0.3) is 0 Å². The zero-order chi connectivity index (χ0) is 18.1. The van der Waals surface area contributed by atoms with Crippen molar-refractivity contribution in [2.75, 3.05) is 25.5 Å². The second kappa shape index (κ2) is 6.29. The summed E-state index contributed by atoms with van der Waals surface area (Å²) < 4.78 is 56.4. The molecular weight excluding hydrogens is 332 g/mol. The van der Waals surface area contributed by atoms with E-state index in [1.54, 1.807) is 6.92 Å². The predicted molar refractivity (Wildman–Crippen MR) is 76.7 cm³/mol. The second-order valence-corrected chi connectivity index (χ2v) is 5.85. The molecule has 0 saturated carbocycles. The highest BCUT2D eigenvalue weighted by atomic mass is 19.4. The van der Waals surface area contributed by atoms with Crippen LogP contribution in [0.3, 0.4) is 0 Å². The number of alkyl halides is 3. The van der Waals surface area contributed by atoms with Crippen LogP contribution in [0.25, 0.3) is 0 Å². The normalized spacial score (nSPS) is 20.8. The van der Waals surface area contributed by atoms with Gasteiger partial charge in [-0.2, -0.15) is 13.2 Å². The Hall–Kier alpha value is -2.32. The highest BCUT2D eigenvalue weighted by Crippen LogP contribution is 2.33. The number of carbonyl (C=O) groups excluding carboxylic acids is 2. The lowest BCUT2D eigenvalue weighted by Crippen LogP contribution is -2.37. The van der Waals surface area contributed by atoms with Crippen LogP contribution in [-0.4, -0.2) is 37.1 Å². The highest BCUT2D eigenvalue weighted by molar-refractivity contribution is 5.90. The van der Waals surface area contributed by atoms with Crippen LogP contribution in [0.2, 0.25) is 0 Å². The largest absolute Gasteiger partial charge is 0.469 e. The van der Waals surface area contributed by atoms with Crippen molar-refractivity contribution in [2.24, 2.45) is 5.41 Å². The zero-order valence-corrected chi connectivity index (χ0v) is 13.0. The average Bonchev–Trinajstić information content (AvgIpc) is 2.91. The monoisotopic (exact) mass is 348 g/mol. The number of methoxy groups -OCH3 is 1. The molecule has 1 aromatic rings. The average molecular weight is 348 g/mol. The van der Waals surface area contributed by atoms with Gasteiger partial charge in [-0.3, -0.25) is 4.79 Å². The van der Waals surface area contributed by atoms with Crippen molar-refractivity contribution < 1.29 is 31.9 Å². The molecule has 1 aromatic carbocycles. The summed E-state index contributed by atoms with van der Waals surface area (Å²) in [4.78, 5) is 25.1. The summed E-state index contributed by atoms with van der Waals surface area (Å²) in [5.74, 6) is -1.46. The molecule has 0 spiro atoms. The molecule has 0 unspecified atom stereocenters. The molecule has 24 heavy (non-hydrogen) atoms. The van der Waals surface area contributed by atoms with E-state index >= 15 is 0 Å². The first kappa shape index (κ1) is 18.0. The van der Waals surface area contributed by atoms with Gasteiger partial charge in [0.1, 0.15) is 5.82 Å². The van der Waals surface area contributed by atoms with E-state index in [9.17, 15) is 27.2 Å². The van der Waals surface area contributed by atoms with Gasteiger partial charge in [-0.1, -0.05) is 0 Å². The molecule has 9 heteroatoms. The molecule has 1 heterocycles. The molecule has 0 aliphatic carbocycles. The number of urea groups is 1. The van der Waals surface area contributed by atoms with Crippen LogP contribution in [-0.2, 0) is 15.7 Å². The van der Waals surface area contributed by atoms with Gasteiger partial charge >= 0.3 is 18.2 Å². The fourth-order valence-corrected chi connectivity index (χ4v) is 2.54. The number of anilines is 1. The van der Waals surface area contributed by atoms with Gasteiger partial charge in [-0.15, -0.1) is 0 Å². The summed E-state index contributed by atoms with van der Waals surface area (Å²) in [6.45, 7) is 1.86. The molecule has 0 bridgehead atoms. The summed E-state index contributed by atoms with van der Waals surface area (Å²) in [7, 11) is 1.23. The van der Waals surface area contributed by atoms with Gasteiger partial charge in [0.2, 0.25) is 0 Å². The first-order chi connectivity index (χ1) is 11.1. The summed E-state index contributed by atoms with van der Waals surface area (Å²) in [5.41, 5.74) is -2.53. The number of rotatable bonds is 2. The van der Waals surface area contributed by atoms with Gasteiger partial charge < -0.3 is 15.0 Å². The molecule has 5 nitrogen and oxygen atoms in total. The molecule has 0 aromatic heterocycles. The first-order valence-corrected chi connectivity index (χ1v) is 7.08. The zero-order valence-electron chi connectivity index (χ0n) is 13.0. The molecule has 132 valence electrons. The topological polar surface area (TPSA) is 58.6 Å². The molecule has 2 rings (SSSR count). The van der Waals surface area contributed by atoms with Crippen LogP contribution < -0.4 is 5.32 Å². The van der Waals surface area contributed by atoms with E-state index in [-0.39, 0.29) is 13.1 Å². The number of benzene rings is 1. The SMILES string of the molecule is COC(=O)[C@]1(C)CCN(C(=O)Nc2cc(C(F)(F)F)ccc2F)C1. The summed E-state index contributed by atoms with van der Waals surface area (Å²) in [5, 5.41) is 2.12. The molecule has 1 N–H and O–H groups in total. The van der Waals surface area contributed by atoms with E-state index < -0.39 is 40.7 Å². The maximum atomic E-state index is 13.7. The van der Waals surface area contributed by atoms with Crippen molar-refractivity contribution >= 4 is 17.7 Å². The molecule has 1 saturated heterocycles. The number of hydrogen-bond donors (Lipinski definition) is 1. The van der Waals surface area contributed by atoms with E-state index in [2.05, 4.69) is 10.1 Å². The van der Waals surface area contributed by atoms with E-state index in [4.69, 9.17) is 0 Å². The van der Waals surface area contributed by atoms with Crippen LogP contribution in [0, 0.1) is 11.2 Å². The molecule has 1 aliphatic rings. The van der Waals surface area contributed by atoms with Crippen molar-refractivity contribution in [1.82, 2.24) is 4.90 Å². The summed E-state index contributed by atoms with van der Waals surface area (Å²) in [6.07, 6.45) is -4.30. The van der Waals surface area contributed by atoms with Gasteiger partial charge in [0, 0.05) is 13.1 Å². The number of esters is 1. The Balaban J connectivity index is 2.12. The number of carbonyl (C=O) groups is 2. The lowest BCUT2D eigenvalue weighted by atomic mass is 9.90. The Labute approximate surface area is 135 Å². The molecule has 1 aliphatic heterocycles. The first-order valence-electron chi connectivity index (χ1n) is 7.08. The van der Waals surface area contributed by atoms with E-state index in [0.29, 0.717) is 24.6 Å². The molecular formula is C15H16F4N2O3. The second-order valence-electron chi connectivity index (χ2n) is 5.85. The maximum absolute atomic E-state index is 13.7. The van der Waals surface area contributed by atoms with E-state index in [1.807, 2.05) is 0 Å². The van der Waals surface area contributed by atoms with Crippen molar-refractivity contribution in [3.63, 3.8) is 0 Å². The predicted octanol–water partition coefficient (Wildman–Crippen LogP) is 3.26. The van der Waals surface area contributed by atoms with Gasteiger partial charge in [-0.05, 0) is 31.5 Å². The van der Waals surface area contributed by atoms with Crippen LogP contribution in [0.5, 0.6) is 0 Å². The van der Waals surface area contributed by atoms with Crippen LogP contribution >= 0.6 is 0 Å². The maximum Gasteiger partial charge on any atom is 0.416 e. The lowest BCUT2D eigenvalue weighted by molar-refractivity contribution is -0.150. The minimum Gasteiger partial charge on any atom is -0.469 e. The van der Waals surface area contributed by atoms with Gasteiger partial charge in [-0.25, -0.2) is 9.18 Å². The third-order valence-electron chi connectivity index (χ3n) is 3.97. The smallest absolute Gasteiger partial charge is 0.416 e. The summed E-state index contributed by atoms with van der Waals surface area (Å²) >= 11 is 0. The lowest BCUT2D eigenvalue weighted by Gasteiger charge is -2.22. The number of ether oxygens (including phenoxy) is 1. The van der Waals surface area contributed by atoms with Crippen molar-refractivity contribution in [3.05, 3.63) is 29.6 Å². The fraction of sp³-hybridized carbons (Fsp3) is 0.467. The van der Waals surface area contributed by atoms with Crippen molar-refractivity contribution in [2.45, 2.75) is 19.5 Å². The van der Waals surface area contributed by atoms with Gasteiger partial charge in [0.15, 0.2) is 0 Å². The van der Waals surface area contributed by atoms with Crippen molar-refractivity contribution in [1.29, 1.82) is 0 Å². The highest BCUT2D eigenvalue weighted by Gasteiger charge is 2.43. The number of nitrogens with zero attached hydrogens (tertiary/aromatic N) is 1. The molecule has 1 fully saturated rings. The van der Waals surface area contributed by atoms with E-state index in [0.717, 1.165) is 0 Å². The number of hydrogen-bond acceptors (Lipinski definition) is 3. The third-order valence-corrected chi connectivity index (χ3v) is 3.97. The standard InChI is InChI=1S/C15H16F4N2O3/c1-14(12(22)24-2)5-6-21(8-14)13(23)20-11-7-9(15(17,18)19)3-4-10(11)16/h3-4,7H,5-6,8H2,1-2H3,(H,20,23)/t14-/m1/s1. The quantitative estimate of drug-likeness (QED) is 0.659. The Morgan fingerprint density at radius 3 is 2.58 bits per heavy atom. The van der Waals surface area contributed by atoms with E-state index in [1.165, 1.54) is 12.0 Å². The van der Waals surface area contributed by atoms with Crippen molar-refractivity contribution in [3.8, 4) is 0 Å². The van der Waals surface area contributed by atoms with Gasteiger partial charge in [0.05, 0.1) is 23.8 Å². The Kier molecular flexibility index (Phi) is 4.73. The fourth-order valence-electron chi connectivity index (χ4n) is 2.54. The Bertz CT molecular complexity index is 663. The number of halogens is 4. The molecule has 0 radical (unpaired) electrons. The minimum atomic E-state index is -4.65. The third kappa shape index (κ3) is 3.60. The van der Waals surface area contributed by atoms with Crippen LogP contribution in [0.15, 0.2) is 18.2 Å². The number of nitrogens with one attached hydrogen (secondary N) is 1. The van der Waals surface area contributed by atoms with Crippen LogP contribution in [0.1, 0.15) is 18.9 Å². The number of amides is 2. The molecule has 2 amide bonds. The number of likely N-dealkylation sites (tertiary alicyclic amines) is 1. The van der Waals surface area contributed by atoms with Crippen LogP contribution in [0.4, 0.5) is 28.0 Å². The Morgan fingerprint density at radius 1 is 1.33 bits per heavy atom. The Morgan fingerprint density at radius 2 is 2.00 bits per heavy atom. The summed E-state index contributed by atoms with van der Waals surface area (Å²) in [6, 6.07) is 0.986.